The van der Waals surface area contributed by atoms with Crippen LogP contribution in [0.2, 0.25) is 0 Å². The maximum absolute atomic E-state index is 11.7. The first-order valence-electron chi connectivity index (χ1n) is 5.55. The zero-order valence-corrected chi connectivity index (χ0v) is 10.3. The van der Waals surface area contributed by atoms with Gasteiger partial charge in [-0.15, -0.1) is 0 Å². The minimum absolute atomic E-state index is 0.0264. The lowest BCUT2D eigenvalue weighted by molar-refractivity contribution is -0.386. The summed E-state index contributed by atoms with van der Waals surface area (Å²) < 4.78 is 6.30. The standard InChI is InChI=1S/C11H16N2O5/c1-8(2)18-7-9(14)6-12-5-3-4-10(11(12)15)13(16)17/h3-5,8-9,14H,6-7H2,1-2H3. The highest BCUT2D eigenvalue weighted by atomic mass is 16.6. The molecule has 1 aromatic heterocycles. The van der Waals surface area contributed by atoms with Crippen molar-refractivity contribution in [2.75, 3.05) is 6.61 Å². The fourth-order valence-electron chi connectivity index (χ4n) is 1.39. The summed E-state index contributed by atoms with van der Waals surface area (Å²) in [6.07, 6.45) is 0.488. The quantitative estimate of drug-likeness (QED) is 0.592. The van der Waals surface area contributed by atoms with Gasteiger partial charge < -0.3 is 14.4 Å². The summed E-state index contributed by atoms with van der Waals surface area (Å²) >= 11 is 0. The molecular weight excluding hydrogens is 240 g/mol. The van der Waals surface area contributed by atoms with Crippen molar-refractivity contribution < 1.29 is 14.8 Å². The summed E-state index contributed by atoms with van der Waals surface area (Å²) in [4.78, 5) is 21.5. The van der Waals surface area contributed by atoms with E-state index in [1.807, 2.05) is 13.8 Å². The van der Waals surface area contributed by atoms with Crippen LogP contribution in [0, 0.1) is 10.1 Å². The van der Waals surface area contributed by atoms with Crippen LogP contribution in [0.25, 0.3) is 0 Å². The lowest BCUT2D eigenvalue weighted by Crippen LogP contribution is -2.30. The Hall–Kier alpha value is -1.73. The Morgan fingerprint density at radius 2 is 2.22 bits per heavy atom. The third kappa shape index (κ3) is 3.94. The van der Waals surface area contributed by atoms with E-state index in [0.29, 0.717) is 0 Å². The second-order valence-electron chi connectivity index (χ2n) is 4.14. The molecule has 1 heterocycles. The van der Waals surface area contributed by atoms with Crippen LogP contribution >= 0.6 is 0 Å². The van der Waals surface area contributed by atoms with E-state index in [9.17, 15) is 20.0 Å². The highest BCUT2D eigenvalue weighted by molar-refractivity contribution is 5.25. The van der Waals surface area contributed by atoms with Crippen molar-refractivity contribution in [3.8, 4) is 0 Å². The molecule has 0 aromatic carbocycles. The van der Waals surface area contributed by atoms with E-state index >= 15 is 0 Å². The molecule has 0 radical (unpaired) electrons. The Kier molecular flexibility index (Phi) is 4.99. The average Bonchev–Trinajstić information content (AvgIpc) is 2.29. The second-order valence-corrected chi connectivity index (χ2v) is 4.14. The first-order valence-corrected chi connectivity index (χ1v) is 5.55. The Labute approximate surface area is 104 Å². The van der Waals surface area contributed by atoms with E-state index in [1.54, 1.807) is 0 Å². The van der Waals surface area contributed by atoms with Crippen molar-refractivity contribution >= 4 is 5.69 Å². The predicted octanol–water partition coefficient (Wildman–Crippen LogP) is 0.542. The first kappa shape index (κ1) is 14.3. The van der Waals surface area contributed by atoms with Crippen LogP contribution < -0.4 is 5.56 Å². The van der Waals surface area contributed by atoms with Gasteiger partial charge in [0.25, 0.3) is 0 Å². The summed E-state index contributed by atoms with van der Waals surface area (Å²) in [6.45, 7) is 3.69. The SMILES string of the molecule is CC(C)OCC(O)Cn1cccc([N+](=O)[O-])c1=O. The molecule has 0 saturated carbocycles. The molecule has 0 spiro atoms. The lowest BCUT2D eigenvalue weighted by atomic mass is 10.3. The molecule has 1 aromatic rings. The molecule has 0 fully saturated rings. The van der Waals surface area contributed by atoms with Gasteiger partial charge in [0.05, 0.1) is 30.3 Å². The van der Waals surface area contributed by atoms with Crippen molar-refractivity contribution in [3.05, 3.63) is 38.8 Å². The first-order chi connectivity index (χ1) is 8.41. The molecule has 1 N–H and O–H groups in total. The number of rotatable bonds is 6. The van der Waals surface area contributed by atoms with Gasteiger partial charge in [0.1, 0.15) is 0 Å². The van der Waals surface area contributed by atoms with Crippen molar-refractivity contribution in [2.24, 2.45) is 0 Å². The van der Waals surface area contributed by atoms with Crippen molar-refractivity contribution in [1.29, 1.82) is 0 Å². The third-order valence-corrected chi connectivity index (χ3v) is 2.23. The summed E-state index contributed by atoms with van der Waals surface area (Å²) in [5.74, 6) is 0. The molecule has 7 nitrogen and oxygen atoms in total. The number of aliphatic hydroxyl groups is 1. The van der Waals surface area contributed by atoms with Crippen LogP contribution in [0.4, 0.5) is 5.69 Å². The summed E-state index contributed by atoms with van der Waals surface area (Å²) in [7, 11) is 0. The zero-order chi connectivity index (χ0) is 13.7. The fraction of sp³-hybridized carbons (Fsp3) is 0.545. The van der Waals surface area contributed by atoms with Crippen LogP contribution in [0.3, 0.4) is 0 Å². The van der Waals surface area contributed by atoms with Crippen LogP contribution in [-0.4, -0.2) is 33.4 Å². The lowest BCUT2D eigenvalue weighted by Gasteiger charge is -2.14. The molecule has 18 heavy (non-hydrogen) atoms. The van der Waals surface area contributed by atoms with Gasteiger partial charge in [0.2, 0.25) is 0 Å². The van der Waals surface area contributed by atoms with Gasteiger partial charge >= 0.3 is 11.2 Å². The Bertz CT molecular complexity index is 469. The number of hydrogen-bond donors (Lipinski definition) is 1. The smallest absolute Gasteiger partial charge is 0.334 e. The van der Waals surface area contributed by atoms with Gasteiger partial charge in [-0.25, -0.2) is 0 Å². The van der Waals surface area contributed by atoms with E-state index < -0.39 is 22.3 Å². The Morgan fingerprint density at radius 1 is 1.56 bits per heavy atom. The molecule has 0 aliphatic carbocycles. The van der Waals surface area contributed by atoms with E-state index in [2.05, 4.69) is 0 Å². The minimum atomic E-state index is -0.882. The molecule has 1 rings (SSSR count). The second kappa shape index (κ2) is 6.27. The molecule has 0 amide bonds. The highest BCUT2D eigenvalue weighted by Crippen LogP contribution is 2.03. The predicted molar refractivity (Wildman–Crippen MR) is 64.5 cm³/mol. The molecule has 0 saturated heterocycles. The fourth-order valence-corrected chi connectivity index (χ4v) is 1.39. The normalized spacial score (nSPS) is 12.7. The van der Waals surface area contributed by atoms with E-state index in [1.165, 1.54) is 12.3 Å². The van der Waals surface area contributed by atoms with E-state index in [4.69, 9.17) is 4.74 Å². The van der Waals surface area contributed by atoms with Crippen LogP contribution in [0.15, 0.2) is 23.1 Å². The molecule has 7 heteroatoms. The van der Waals surface area contributed by atoms with Crippen LogP contribution in [0.1, 0.15) is 13.8 Å². The number of hydrogen-bond acceptors (Lipinski definition) is 5. The molecule has 1 atom stereocenters. The molecule has 0 aliphatic rings. The summed E-state index contributed by atoms with van der Waals surface area (Å²) in [5.41, 5.74) is -1.24. The topological polar surface area (TPSA) is 94.6 Å². The van der Waals surface area contributed by atoms with Crippen molar-refractivity contribution in [1.82, 2.24) is 4.57 Å². The maximum Gasteiger partial charge on any atom is 0.334 e. The van der Waals surface area contributed by atoms with Gasteiger partial charge in [0.15, 0.2) is 0 Å². The summed E-state index contributed by atoms with van der Waals surface area (Å²) in [5, 5.41) is 20.2. The third-order valence-electron chi connectivity index (χ3n) is 2.23. The molecular formula is C11H16N2O5. The van der Waals surface area contributed by atoms with E-state index in [0.717, 1.165) is 10.6 Å². The maximum atomic E-state index is 11.7. The number of aromatic nitrogens is 1. The molecule has 100 valence electrons. The average molecular weight is 256 g/mol. The minimum Gasteiger partial charge on any atom is -0.389 e. The molecule has 0 aliphatic heterocycles. The monoisotopic (exact) mass is 256 g/mol. The number of aliphatic hydroxyl groups excluding tert-OH is 1. The van der Waals surface area contributed by atoms with E-state index in [-0.39, 0.29) is 19.3 Å². The van der Waals surface area contributed by atoms with Crippen LogP contribution in [-0.2, 0) is 11.3 Å². The highest BCUT2D eigenvalue weighted by Gasteiger charge is 2.15. The van der Waals surface area contributed by atoms with Gasteiger partial charge in [-0.3, -0.25) is 14.9 Å². The number of ether oxygens (including phenoxy) is 1. The summed E-state index contributed by atoms with van der Waals surface area (Å²) in [6, 6.07) is 2.53. The number of pyridine rings is 1. The van der Waals surface area contributed by atoms with Crippen LogP contribution in [0.5, 0.6) is 0 Å². The molecule has 1 unspecified atom stereocenters. The van der Waals surface area contributed by atoms with Gasteiger partial charge in [-0.05, 0) is 19.9 Å². The van der Waals surface area contributed by atoms with Gasteiger partial charge in [-0.2, -0.15) is 0 Å². The Balaban J connectivity index is 2.76. The largest absolute Gasteiger partial charge is 0.389 e. The van der Waals surface area contributed by atoms with Gasteiger partial charge in [-0.1, -0.05) is 0 Å². The van der Waals surface area contributed by atoms with Crippen molar-refractivity contribution in [3.63, 3.8) is 0 Å². The Morgan fingerprint density at radius 3 is 2.78 bits per heavy atom. The number of nitro groups is 1. The van der Waals surface area contributed by atoms with Gasteiger partial charge in [0, 0.05) is 12.3 Å². The zero-order valence-electron chi connectivity index (χ0n) is 10.3. The van der Waals surface area contributed by atoms with Crippen molar-refractivity contribution in [2.45, 2.75) is 32.6 Å². The number of nitrogens with zero attached hydrogens (tertiary/aromatic N) is 2. The molecule has 0 bridgehead atoms.